The molecule has 0 heterocycles. The standard InChI is InChI=1S/C13H16ClN/c14-12-9-5-4-8-11(12)13(15)10-6-2-1-3-7-10/h4-6,8-9,13H,1-3,7,15H2. The van der Waals surface area contributed by atoms with E-state index in [0.29, 0.717) is 0 Å². The van der Waals surface area contributed by atoms with Crippen molar-refractivity contribution in [1.29, 1.82) is 0 Å². The van der Waals surface area contributed by atoms with Gasteiger partial charge in [0.25, 0.3) is 0 Å². The van der Waals surface area contributed by atoms with Crippen molar-refractivity contribution in [3.8, 4) is 0 Å². The molecule has 0 amide bonds. The smallest absolute Gasteiger partial charge is 0.0525 e. The van der Waals surface area contributed by atoms with Crippen LogP contribution >= 0.6 is 11.6 Å². The molecule has 15 heavy (non-hydrogen) atoms. The molecule has 2 heteroatoms. The van der Waals surface area contributed by atoms with Crippen molar-refractivity contribution < 1.29 is 0 Å². The summed E-state index contributed by atoms with van der Waals surface area (Å²) in [6, 6.07) is 7.83. The maximum absolute atomic E-state index is 6.22. The Hall–Kier alpha value is -0.790. The third-order valence-electron chi connectivity index (χ3n) is 2.97. The summed E-state index contributed by atoms with van der Waals surface area (Å²) in [5.41, 5.74) is 8.61. The molecule has 2 N–H and O–H groups in total. The molecule has 1 aliphatic carbocycles. The van der Waals surface area contributed by atoms with Crippen molar-refractivity contribution in [3.05, 3.63) is 46.5 Å². The van der Waals surface area contributed by atoms with Crippen molar-refractivity contribution >= 4 is 11.6 Å². The first-order chi connectivity index (χ1) is 7.29. The van der Waals surface area contributed by atoms with Crippen LogP contribution in [0.4, 0.5) is 0 Å². The molecule has 0 bridgehead atoms. The van der Waals surface area contributed by atoms with E-state index >= 15 is 0 Å². The molecule has 0 saturated heterocycles. The number of benzene rings is 1. The molecule has 1 nitrogen and oxygen atoms in total. The molecule has 1 unspecified atom stereocenters. The van der Waals surface area contributed by atoms with Crippen LogP contribution in [0.2, 0.25) is 5.02 Å². The van der Waals surface area contributed by atoms with Gasteiger partial charge in [0.15, 0.2) is 0 Å². The minimum absolute atomic E-state index is 0.0148. The first-order valence-corrected chi connectivity index (χ1v) is 5.86. The Labute approximate surface area is 95.9 Å². The summed E-state index contributed by atoms with van der Waals surface area (Å²) in [5.74, 6) is 0. The molecule has 0 aromatic heterocycles. The number of rotatable bonds is 2. The van der Waals surface area contributed by atoms with E-state index in [1.165, 1.54) is 18.4 Å². The Balaban J connectivity index is 2.23. The summed E-state index contributed by atoms with van der Waals surface area (Å²) in [4.78, 5) is 0. The summed E-state index contributed by atoms with van der Waals surface area (Å²) in [7, 11) is 0. The molecule has 1 atom stereocenters. The van der Waals surface area contributed by atoms with Crippen LogP contribution in [0.1, 0.15) is 37.3 Å². The van der Waals surface area contributed by atoms with Gasteiger partial charge in [-0.15, -0.1) is 0 Å². The Morgan fingerprint density at radius 1 is 1.20 bits per heavy atom. The highest BCUT2D eigenvalue weighted by Crippen LogP contribution is 2.31. The fourth-order valence-electron chi connectivity index (χ4n) is 2.07. The lowest BCUT2D eigenvalue weighted by atomic mass is 9.90. The summed E-state index contributed by atoms with van der Waals surface area (Å²) in [6.07, 6.45) is 7.10. The van der Waals surface area contributed by atoms with Gasteiger partial charge in [0, 0.05) is 5.02 Å². The van der Waals surface area contributed by atoms with Gasteiger partial charge < -0.3 is 5.73 Å². The average molecular weight is 222 g/mol. The van der Waals surface area contributed by atoms with Gasteiger partial charge in [-0.2, -0.15) is 0 Å². The summed E-state index contributed by atoms with van der Waals surface area (Å²) in [6.45, 7) is 0. The third kappa shape index (κ3) is 2.42. The highest BCUT2D eigenvalue weighted by molar-refractivity contribution is 6.31. The molecular formula is C13H16ClN. The molecule has 1 aromatic rings. The van der Waals surface area contributed by atoms with E-state index in [9.17, 15) is 0 Å². The fraction of sp³-hybridized carbons (Fsp3) is 0.385. The molecule has 0 saturated carbocycles. The van der Waals surface area contributed by atoms with Gasteiger partial charge in [-0.3, -0.25) is 0 Å². The molecule has 1 aliphatic rings. The highest BCUT2D eigenvalue weighted by Gasteiger charge is 2.15. The van der Waals surface area contributed by atoms with Crippen molar-refractivity contribution in [2.45, 2.75) is 31.7 Å². The number of allylic oxidation sites excluding steroid dienone is 1. The third-order valence-corrected chi connectivity index (χ3v) is 3.31. The number of nitrogens with two attached hydrogens (primary N) is 1. The van der Waals surface area contributed by atoms with E-state index in [0.717, 1.165) is 23.4 Å². The van der Waals surface area contributed by atoms with E-state index < -0.39 is 0 Å². The molecule has 2 rings (SSSR count). The molecule has 80 valence electrons. The van der Waals surface area contributed by atoms with Crippen LogP contribution in [0.25, 0.3) is 0 Å². The van der Waals surface area contributed by atoms with Crippen LogP contribution in [0.3, 0.4) is 0 Å². The zero-order chi connectivity index (χ0) is 10.7. The monoisotopic (exact) mass is 221 g/mol. The number of hydrogen-bond donors (Lipinski definition) is 1. The molecule has 0 radical (unpaired) electrons. The lowest BCUT2D eigenvalue weighted by molar-refractivity contribution is 0.648. The SMILES string of the molecule is NC(C1=CCCCC1)c1ccccc1Cl. The Morgan fingerprint density at radius 2 is 2.00 bits per heavy atom. The predicted octanol–water partition coefficient (Wildman–Crippen LogP) is 3.84. The van der Waals surface area contributed by atoms with Crippen molar-refractivity contribution in [3.63, 3.8) is 0 Å². The summed E-state index contributed by atoms with van der Waals surface area (Å²) >= 11 is 6.13. The van der Waals surface area contributed by atoms with Gasteiger partial charge in [0.1, 0.15) is 0 Å². The second-order valence-electron chi connectivity index (χ2n) is 4.02. The minimum atomic E-state index is -0.0148. The predicted molar refractivity (Wildman–Crippen MR) is 64.9 cm³/mol. The quantitative estimate of drug-likeness (QED) is 0.755. The summed E-state index contributed by atoms with van der Waals surface area (Å²) < 4.78 is 0. The van der Waals surface area contributed by atoms with E-state index in [2.05, 4.69) is 6.08 Å². The van der Waals surface area contributed by atoms with Crippen LogP contribution < -0.4 is 5.73 Å². The largest absolute Gasteiger partial charge is 0.321 e. The minimum Gasteiger partial charge on any atom is -0.321 e. The van der Waals surface area contributed by atoms with Crippen LogP contribution in [0.15, 0.2) is 35.9 Å². The average Bonchev–Trinajstić information content (AvgIpc) is 2.30. The first-order valence-electron chi connectivity index (χ1n) is 5.48. The van der Waals surface area contributed by atoms with E-state index in [1.54, 1.807) is 0 Å². The maximum atomic E-state index is 6.22. The second-order valence-corrected chi connectivity index (χ2v) is 4.43. The van der Waals surface area contributed by atoms with Crippen LogP contribution in [-0.4, -0.2) is 0 Å². The van der Waals surface area contributed by atoms with E-state index in [4.69, 9.17) is 17.3 Å². The molecule has 0 aliphatic heterocycles. The van der Waals surface area contributed by atoms with Gasteiger partial charge >= 0.3 is 0 Å². The van der Waals surface area contributed by atoms with Gasteiger partial charge in [-0.1, -0.05) is 41.4 Å². The number of halogens is 1. The normalized spacial score (nSPS) is 18.4. The lowest BCUT2D eigenvalue weighted by Crippen LogP contribution is -2.15. The molecule has 0 fully saturated rings. The number of hydrogen-bond acceptors (Lipinski definition) is 1. The van der Waals surface area contributed by atoms with Gasteiger partial charge in [-0.05, 0) is 37.3 Å². The molecule has 1 aromatic carbocycles. The van der Waals surface area contributed by atoms with Gasteiger partial charge in [-0.25, -0.2) is 0 Å². The van der Waals surface area contributed by atoms with Crippen LogP contribution in [-0.2, 0) is 0 Å². The lowest BCUT2D eigenvalue weighted by Gasteiger charge is -2.20. The Kier molecular flexibility index (Phi) is 3.45. The van der Waals surface area contributed by atoms with Crippen LogP contribution in [0.5, 0.6) is 0 Å². The van der Waals surface area contributed by atoms with Gasteiger partial charge in [0.05, 0.1) is 6.04 Å². The Morgan fingerprint density at radius 3 is 2.67 bits per heavy atom. The summed E-state index contributed by atoms with van der Waals surface area (Å²) in [5, 5.41) is 0.775. The van der Waals surface area contributed by atoms with E-state index in [-0.39, 0.29) is 6.04 Å². The zero-order valence-corrected chi connectivity index (χ0v) is 9.50. The van der Waals surface area contributed by atoms with Crippen molar-refractivity contribution in [2.24, 2.45) is 5.73 Å². The zero-order valence-electron chi connectivity index (χ0n) is 8.75. The second kappa shape index (κ2) is 4.82. The van der Waals surface area contributed by atoms with Crippen molar-refractivity contribution in [2.75, 3.05) is 0 Å². The topological polar surface area (TPSA) is 26.0 Å². The molecular weight excluding hydrogens is 206 g/mol. The fourth-order valence-corrected chi connectivity index (χ4v) is 2.33. The highest BCUT2D eigenvalue weighted by atomic mass is 35.5. The molecule has 0 spiro atoms. The maximum Gasteiger partial charge on any atom is 0.0525 e. The van der Waals surface area contributed by atoms with Crippen molar-refractivity contribution in [1.82, 2.24) is 0 Å². The van der Waals surface area contributed by atoms with Gasteiger partial charge in [0.2, 0.25) is 0 Å². The van der Waals surface area contributed by atoms with Crippen LogP contribution in [0, 0.1) is 0 Å². The van der Waals surface area contributed by atoms with E-state index in [1.807, 2.05) is 24.3 Å². The first kappa shape index (κ1) is 10.7. The Bertz CT molecular complexity index is 371.